The quantitative estimate of drug-likeness (QED) is 0.657. The molecule has 17 heavy (non-hydrogen) atoms. The first-order chi connectivity index (χ1) is 8.23. The van der Waals surface area contributed by atoms with E-state index in [1.54, 1.807) is 6.08 Å². The predicted molar refractivity (Wildman–Crippen MR) is 71.4 cm³/mol. The van der Waals surface area contributed by atoms with E-state index in [4.69, 9.17) is 0 Å². The van der Waals surface area contributed by atoms with Gasteiger partial charge in [0.05, 0.1) is 0 Å². The van der Waals surface area contributed by atoms with Gasteiger partial charge in [0, 0.05) is 12.8 Å². The number of rotatable bonds is 3. The van der Waals surface area contributed by atoms with Crippen LogP contribution < -0.4 is 0 Å². The second kappa shape index (κ2) is 5.13. The summed E-state index contributed by atoms with van der Waals surface area (Å²) < 4.78 is 14.3. The molecule has 0 heterocycles. The molecule has 1 aliphatic rings. The van der Waals surface area contributed by atoms with Gasteiger partial charge in [0.2, 0.25) is 0 Å². The number of hydrogen-bond acceptors (Lipinski definition) is 0. The van der Waals surface area contributed by atoms with Crippen LogP contribution in [0.25, 0.3) is 5.57 Å². The van der Waals surface area contributed by atoms with Gasteiger partial charge in [-0.1, -0.05) is 54.6 Å². The van der Waals surface area contributed by atoms with Crippen molar-refractivity contribution in [3.8, 4) is 0 Å². The van der Waals surface area contributed by atoms with E-state index in [0.717, 1.165) is 11.1 Å². The average molecular weight is 228 g/mol. The summed E-state index contributed by atoms with van der Waals surface area (Å²) in [5.41, 5.74) is 1.06. The molecule has 0 saturated heterocycles. The summed E-state index contributed by atoms with van der Waals surface area (Å²) in [5, 5.41) is 0. The van der Waals surface area contributed by atoms with E-state index in [1.807, 2.05) is 61.6 Å². The lowest BCUT2D eigenvalue weighted by Gasteiger charge is -2.22. The van der Waals surface area contributed by atoms with E-state index < -0.39 is 5.67 Å². The molecule has 0 nitrogen and oxygen atoms in total. The number of halogens is 1. The zero-order valence-electron chi connectivity index (χ0n) is 10.1. The van der Waals surface area contributed by atoms with Gasteiger partial charge < -0.3 is 0 Å². The molecule has 1 atom stereocenters. The van der Waals surface area contributed by atoms with Gasteiger partial charge in [-0.25, -0.2) is 4.39 Å². The highest BCUT2D eigenvalue weighted by molar-refractivity contribution is 5.75. The molecule has 0 aromatic heterocycles. The zero-order valence-corrected chi connectivity index (χ0v) is 10.1. The molecule has 2 rings (SSSR count). The van der Waals surface area contributed by atoms with Crippen LogP contribution in [0.4, 0.5) is 4.39 Å². The lowest BCUT2D eigenvalue weighted by molar-refractivity contribution is 0.235. The lowest BCUT2D eigenvalue weighted by atomic mass is 9.88. The summed E-state index contributed by atoms with van der Waals surface area (Å²) in [6.45, 7) is 1.92. The Morgan fingerprint density at radius 1 is 1.29 bits per heavy atom. The standard InChI is InChI=1S/C16H17F/c1-2-3-11-16(17)12-9-15(10-13-16)14-7-5-4-6-8-14/h2-10,12H,11,13H2,1H3. The first-order valence-corrected chi connectivity index (χ1v) is 5.98. The van der Waals surface area contributed by atoms with Crippen molar-refractivity contribution in [1.82, 2.24) is 0 Å². The second-order valence-corrected chi connectivity index (χ2v) is 4.37. The summed E-state index contributed by atoms with van der Waals surface area (Å²) >= 11 is 0. The van der Waals surface area contributed by atoms with Gasteiger partial charge in [-0.3, -0.25) is 0 Å². The topological polar surface area (TPSA) is 0 Å². The molecular weight excluding hydrogens is 211 g/mol. The number of benzene rings is 1. The molecule has 1 aromatic carbocycles. The first-order valence-electron chi connectivity index (χ1n) is 5.98. The highest BCUT2D eigenvalue weighted by Crippen LogP contribution is 2.32. The smallest absolute Gasteiger partial charge is 0.136 e. The Hall–Kier alpha value is -1.63. The van der Waals surface area contributed by atoms with Crippen LogP contribution in [0, 0.1) is 0 Å². The van der Waals surface area contributed by atoms with Crippen molar-refractivity contribution >= 4 is 5.57 Å². The third-order valence-electron chi connectivity index (χ3n) is 3.02. The maximum Gasteiger partial charge on any atom is 0.136 e. The normalized spacial score (nSPS) is 24.0. The van der Waals surface area contributed by atoms with Crippen LogP contribution in [0.15, 0.2) is 60.7 Å². The Morgan fingerprint density at radius 2 is 2.06 bits per heavy atom. The minimum Gasteiger partial charge on any atom is -0.239 e. The largest absolute Gasteiger partial charge is 0.239 e. The molecular formula is C16H17F. The van der Waals surface area contributed by atoms with Crippen molar-refractivity contribution in [2.45, 2.75) is 25.4 Å². The predicted octanol–water partition coefficient (Wildman–Crippen LogP) is 4.70. The molecule has 0 N–H and O–H groups in total. The van der Waals surface area contributed by atoms with Gasteiger partial charge in [-0.15, -0.1) is 0 Å². The third-order valence-corrected chi connectivity index (χ3v) is 3.02. The molecule has 0 spiro atoms. The summed E-state index contributed by atoms with van der Waals surface area (Å²) in [5.74, 6) is 0. The van der Waals surface area contributed by atoms with Gasteiger partial charge in [0.15, 0.2) is 0 Å². The fourth-order valence-corrected chi connectivity index (χ4v) is 1.96. The molecule has 88 valence electrons. The Kier molecular flexibility index (Phi) is 3.58. The molecule has 1 heteroatoms. The minimum absolute atomic E-state index is 0.456. The van der Waals surface area contributed by atoms with Crippen molar-refractivity contribution in [3.63, 3.8) is 0 Å². The molecule has 1 aliphatic carbocycles. The van der Waals surface area contributed by atoms with Crippen LogP contribution in [-0.4, -0.2) is 5.67 Å². The van der Waals surface area contributed by atoms with Crippen molar-refractivity contribution in [1.29, 1.82) is 0 Å². The van der Waals surface area contributed by atoms with Gasteiger partial charge in [0.1, 0.15) is 5.67 Å². The zero-order chi connectivity index (χ0) is 12.1. The van der Waals surface area contributed by atoms with E-state index in [1.165, 1.54) is 0 Å². The number of allylic oxidation sites excluding steroid dienone is 6. The summed E-state index contributed by atoms with van der Waals surface area (Å²) in [7, 11) is 0. The Labute approximate surface area is 102 Å². The van der Waals surface area contributed by atoms with Crippen molar-refractivity contribution in [2.75, 3.05) is 0 Å². The third kappa shape index (κ3) is 2.94. The van der Waals surface area contributed by atoms with Crippen LogP contribution in [0.2, 0.25) is 0 Å². The second-order valence-electron chi connectivity index (χ2n) is 4.37. The lowest BCUT2D eigenvalue weighted by Crippen LogP contribution is -2.19. The highest BCUT2D eigenvalue weighted by atomic mass is 19.1. The van der Waals surface area contributed by atoms with Crippen molar-refractivity contribution in [3.05, 3.63) is 66.3 Å². The van der Waals surface area contributed by atoms with Gasteiger partial charge >= 0.3 is 0 Å². The van der Waals surface area contributed by atoms with Gasteiger partial charge in [-0.05, 0) is 24.1 Å². The Balaban J connectivity index is 2.11. The Bertz CT molecular complexity index is 454. The van der Waals surface area contributed by atoms with Crippen molar-refractivity contribution < 1.29 is 4.39 Å². The van der Waals surface area contributed by atoms with Crippen LogP contribution in [0.5, 0.6) is 0 Å². The van der Waals surface area contributed by atoms with E-state index in [0.29, 0.717) is 12.8 Å². The number of hydrogen-bond donors (Lipinski definition) is 0. The maximum atomic E-state index is 14.3. The molecule has 0 bridgehead atoms. The fraction of sp³-hybridized carbons (Fsp3) is 0.250. The van der Waals surface area contributed by atoms with E-state index in [-0.39, 0.29) is 0 Å². The molecule has 0 aliphatic heterocycles. The fourth-order valence-electron chi connectivity index (χ4n) is 1.96. The summed E-state index contributed by atoms with van der Waals surface area (Å²) in [6, 6.07) is 10.1. The maximum absolute atomic E-state index is 14.3. The average Bonchev–Trinajstić information content (AvgIpc) is 2.38. The number of alkyl halides is 1. The molecule has 0 saturated carbocycles. The minimum atomic E-state index is -1.20. The van der Waals surface area contributed by atoms with E-state index >= 15 is 0 Å². The first kappa shape index (κ1) is 11.8. The Morgan fingerprint density at radius 3 is 2.65 bits per heavy atom. The van der Waals surface area contributed by atoms with Gasteiger partial charge in [-0.2, -0.15) is 0 Å². The van der Waals surface area contributed by atoms with Crippen LogP contribution in [0.3, 0.4) is 0 Å². The van der Waals surface area contributed by atoms with Gasteiger partial charge in [0.25, 0.3) is 0 Å². The van der Waals surface area contributed by atoms with E-state index in [2.05, 4.69) is 0 Å². The van der Waals surface area contributed by atoms with Crippen molar-refractivity contribution in [2.24, 2.45) is 0 Å². The molecule has 0 amide bonds. The van der Waals surface area contributed by atoms with Crippen LogP contribution in [0.1, 0.15) is 25.3 Å². The molecule has 1 aromatic rings. The van der Waals surface area contributed by atoms with Crippen LogP contribution >= 0.6 is 0 Å². The molecule has 0 radical (unpaired) electrons. The molecule has 1 unspecified atom stereocenters. The highest BCUT2D eigenvalue weighted by Gasteiger charge is 2.26. The molecule has 0 fully saturated rings. The monoisotopic (exact) mass is 228 g/mol. The summed E-state index contributed by atoms with van der Waals surface area (Å²) in [6.07, 6.45) is 10.3. The SMILES string of the molecule is CC=CCC1(F)C=CC(c2ccccc2)=CC1. The van der Waals surface area contributed by atoms with Crippen LogP contribution in [-0.2, 0) is 0 Å². The van der Waals surface area contributed by atoms with E-state index in [9.17, 15) is 4.39 Å². The summed E-state index contributed by atoms with van der Waals surface area (Å²) in [4.78, 5) is 0.